The van der Waals surface area contributed by atoms with Crippen LogP contribution in [0, 0.1) is 0 Å². The summed E-state index contributed by atoms with van der Waals surface area (Å²) < 4.78 is 6.58. The zero-order chi connectivity index (χ0) is 14.1. The number of morpholine rings is 1. The molecule has 1 saturated carbocycles. The molecule has 1 aliphatic heterocycles. The number of hydrogen-bond donors (Lipinski definition) is 0. The van der Waals surface area contributed by atoms with Crippen LogP contribution in [0.15, 0.2) is 22.7 Å². The van der Waals surface area contributed by atoms with E-state index in [9.17, 15) is 4.79 Å². The monoisotopic (exact) mass is 357 g/mol. The predicted molar refractivity (Wildman–Crippen MR) is 82.2 cm³/mol. The average Bonchev–Trinajstić information content (AvgIpc) is 2.49. The molecular weight excluding hydrogens is 342 g/mol. The highest BCUT2D eigenvalue weighted by Crippen LogP contribution is 2.32. The van der Waals surface area contributed by atoms with Crippen LogP contribution in [0.2, 0.25) is 5.02 Å². The van der Waals surface area contributed by atoms with Crippen molar-refractivity contribution < 1.29 is 9.53 Å². The molecule has 0 aromatic heterocycles. The van der Waals surface area contributed by atoms with E-state index < -0.39 is 0 Å². The Morgan fingerprint density at radius 2 is 2.15 bits per heavy atom. The van der Waals surface area contributed by atoms with Crippen molar-refractivity contribution in [1.29, 1.82) is 0 Å². The fraction of sp³-hybridized carbons (Fsp3) is 0.533. The van der Waals surface area contributed by atoms with Crippen LogP contribution in [0.1, 0.15) is 36.0 Å². The van der Waals surface area contributed by atoms with Gasteiger partial charge in [-0.05, 0) is 40.9 Å². The van der Waals surface area contributed by atoms with Crippen LogP contribution < -0.4 is 0 Å². The molecule has 20 heavy (non-hydrogen) atoms. The van der Waals surface area contributed by atoms with E-state index >= 15 is 0 Å². The molecular formula is C15H17BrClNO2. The highest BCUT2D eigenvalue weighted by atomic mass is 79.9. The summed E-state index contributed by atoms with van der Waals surface area (Å²) in [5, 5.41) is 0.497. The van der Waals surface area contributed by atoms with Gasteiger partial charge in [-0.25, -0.2) is 0 Å². The van der Waals surface area contributed by atoms with Gasteiger partial charge in [-0.15, -0.1) is 0 Å². The summed E-state index contributed by atoms with van der Waals surface area (Å²) in [4.78, 5) is 14.8. The highest BCUT2D eigenvalue weighted by molar-refractivity contribution is 9.10. The second-order valence-electron chi connectivity index (χ2n) is 5.36. The number of amides is 1. The van der Waals surface area contributed by atoms with Crippen LogP contribution in [0.3, 0.4) is 0 Å². The second-order valence-corrected chi connectivity index (χ2v) is 6.59. The Hall–Kier alpha value is -0.580. The van der Waals surface area contributed by atoms with Gasteiger partial charge < -0.3 is 9.64 Å². The highest BCUT2D eigenvalue weighted by Gasteiger charge is 2.37. The van der Waals surface area contributed by atoms with Crippen molar-refractivity contribution >= 4 is 33.4 Å². The maximum atomic E-state index is 12.8. The first-order chi connectivity index (χ1) is 9.68. The molecule has 1 heterocycles. The molecule has 3 nitrogen and oxygen atoms in total. The normalized spacial score (nSPS) is 26.2. The van der Waals surface area contributed by atoms with E-state index in [2.05, 4.69) is 15.9 Å². The number of rotatable bonds is 1. The number of halogens is 2. The Morgan fingerprint density at radius 3 is 3.00 bits per heavy atom. The lowest BCUT2D eigenvalue weighted by Gasteiger charge is -2.43. The summed E-state index contributed by atoms with van der Waals surface area (Å²) in [6, 6.07) is 5.70. The SMILES string of the molecule is O=C(c1cccc(Br)c1Cl)N1CCOC2CCCCC21. The number of fused-ring (bicyclic) bond motifs is 1. The number of nitrogens with zero attached hydrogens (tertiary/aromatic N) is 1. The zero-order valence-corrected chi connectivity index (χ0v) is 13.5. The first kappa shape index (κ1) is 14.4. The van der Waals surface area contributed by atoms with Crippen LogP contribution in [-0.4, -0.2) is 36.1 Å². The molecule has 0 spiro atoms. The topological polar surface area (TPSA) is 29.5 Å². The van der Waals surface area contributed by atoms with Gasteiger partial charge in [0.25, 0.3) is 5.91 Å². The van der Waals surface area contributed by atoms with E-state index in [4.69, 9.17) is 16.3 Å². The average molecular weight is 359 g/mol. The molecule has 1 amide bonds. The summed E-state index contributed by atoms with van der Waals surface area (Å²) in [7, 11) is 0. The lowest BCUT2D eigenvalue weighted by Crippen LogP contribution is -2.54. The molecule has 0 N–H and O–H groups in total. The summed E-state index contributed by atoms with van der Waals surface area (Å²) in [6.07, 6.45) is 4.65. The van der Waals surface area contributed by atoms with E-state index in [1.165, 1.54) is 12.8 Å². The maximum Gasteiger partial charge on any atom is 0.255 e. The fourth-order valence-electron chi connectivity index (χ4n) is 3.17. The molecule has 2 fully saturated rings. The third kappa shape index (κ3) is 2.61. The number of carbonyl (C=O) groups is 1. The lowest BCUT2D eigenvalue weighted by atomic mass is 9.89. The van der Waals surface area contributed by atoms with Gasteiger partial charge in [-0.1, -0.05) is 30.5 Å². The Bertz CT molecular complexity index is 521. The van der Waals surface area contributed by atoms with E-state index in [0.29, 0.717) is 23.7 Å². The lowest BCUT2D eigenvalue weighted by molar-refractivity contribution is -0.0752. The third-order valence-electron chi connectivity index (χ3n) is 4.18. The van der Waals surface area contributed by atoms with Gasteiger partial charge >= 0.3 is 0 Å². The van der Waals surface area contributed by atoms with Gasteiger partial charge in [0.05, 0.1) is 29.3 Å². The smallest absolute Gasteiger partial charge is 0.255 e. The minimum absolute atomic E-state index is 0.0245. The van der Waals surface area contributed by atoms with Crippen molar-refractivity contribution in [2.75, 3.05) is 13.2 Å². The maximum absolute atomic E-state index is 12.8. The summed E-state index contributed by atoms with van der Waals surface area (Å²) in [5.74, 6) is 0.0245. The van der Waals surface area contributed by atoms with Crippen LogP contribution in [0.25, 0.3) is 0 Å². The van der Waals surface area contributed by atoms with Crippen molar-refractivity contribution in [3.8, 4) is 0 Å². The second kappa shape index (κ2) is 6.04. The molecule has 1 aromatic carbocycles. The Labute approximate surface area is 132 Å². The molecule has 0 radical (unpaired) electrons. The predicted octanol–water partition coefficient (Wildman–Crippen LogP) is 3.89. The molecule has 2 atom stereocenters. The number of benzene rings is 1. The van der Waals surface area contributed by atoms with E-state index in [1.54, 1.807) is 6.07 Å². The molecule has 0 bridgehead atoms. The quantitative estimate of drug-likeness (QED) is 0.762. The number of hydrogen-bond acceptors (Lipinski definition) is 2. The molecule has 5 heteroatoms. The molecule has 108 valence electrons. The van der Waals surface area contributed by atoms with Crippen LogP contribution in [0.5, 0.6) is 0 Å². The summed E-state index contributed by atoms with van der Waals surface area (Å²) in [6.45, 7) is 1.28. The van der Waals surface area contributed by atoms with Gasteiger partial charge in [0.1, 0.15) is 0 Å². The number of carbonyl (C=O) groups excluding carboxylic acids is 1. The fourth-order valence-corrected chi connectivity index (χ4v) is 3.75. The summed E-state index contributed by atoms with van der Waals surface area (Å²) >= 11 is 9.64. The first-order valence-electron chi connectivity index (χ1n) is 7.05. The Balaban J connectivity index is 1.87. The molecule has 1 saturated heterocycles. The van der Waals surface area contributed by atoms with Gasteiger partial charge in [0.2, 0.25) is 0 Å². The van der Waals surface area contributed by atoms with Gasteiger partial charge in [0.15, 0.2) is 0 Å². The largest absolute Gasteiger partial charge is 0.374 e. The third-order valence-corrected chi connectivity index (χ3v) is 5.47. The van der Waals surface area contributed by atoms with Gasteiger partial charge in [-0.3, -0.25) is 4.79 Å². The van der Waals surface area contributed by atoms with Crippen molar-refractivity contribution in [2.45, 2.75) is 37.8 Å². The molecule has 1 aromatic rings. The zero-order valence-electron chi connectivity index (χ0n) is 11.1. The first-order valence-corrected chi connectivity index (χ1v) is 8.22. The Kier molecular flexibility index (Phi) is 4.34. The van der Waals surface area contributed by atoms with Gasteiger partial charge in [-0.2, -0.15) is 0 Å². The van der Waals surface area contributed by atoms with E-state index in [1.807, 2.05) is 17.0 Å². The van der Waals surface area contributed by atoms with Gasteiger partial charge in [0, 0.05) is 11.0 Å². The minimum atomic E-state index is 0.0245. The minimum Gasteiger partial charge on any atom is -0.374 e. The number of ether oxygens (including phenoxy) is 1. The van der Waals surface area contributed by atoms with Crippen molar-refractivity contribution in [3.05, 3.63) is 33.3 Å². The van der Waals surface area contributed by atoms with Crippen LogP contribution in [0.4, 0.5) is 0 Å². The van der Waals surface area contributed by atoms with Crippen molar-refractivity contribution in [3.63, 3.8) is 0 Å². The molecule has 2 aliphatic rings. The van der Waals surface area contributed by atoms with Crippen LogP contribution in [-0.2, 0) is 4.74 Å². The molecule has 1 aliphatic carbocycles. The van der Waals surface area contributed by atoms with E-state index in [0.717, 1.165) is 17.3 Å². The van der Waals surface area contributed by atoms with Crippen molar-refractivity contribution in [2.24, 2.45) is 0 Å². The van der Waals surface area contributed by atoms with E-state index in [-0.39, 0.29) is 18.1 Å². The standard InChI is InChI=1S/C15H17BrClNO2/c16-11-5-3-4-10(14(11)17)15(19)18-8-9-20-13-7-2-1-6-12(13)18/h3-5,12-13H,1-2,6-9H2. The van der Waals surface area contributed by atoms with Crippen LogP contribution >= 0.6 is 27.5 Å². The molecule has 3 rings (SSSR count). The Morgan fingerprint density at radius 1 is 1.35 bits per heavy atom. The summed E-state index contributed by atoms with van der Waals surface area (Å²) in [5.41, 5.74) is 0.576. The van der Waals surface area contributed by atoms with Crippen molar-refractivity contribution in [1.82, 2.24) is 4.90 Å². The molecule has 2 unspecified atom stereocenters.